The lowest BCUT2D eigenvalue weighted by molar-refractivity contribution is -0.125. The molecule has 8 rings (SSSR count). The largest absolute Gasteiger partial charge is 0.512 e. The first-order valence-electron chi connectivity index (χ1n) is 49.0. The summed E-state index contributed by atoms with van der Waals surface area (Å²) in [5.74, 6) is 12.8. The number of hydrogen-bond acceptors (Lipinski definition) is 25. The van der Waals surface area contributed by atoms with Crippen LogP contribution < -0.4 is 44.7 Å². The molecule has 7 aromatic heterocycles. The van der Waals surface area contributed by atoms with Crippen LogP contribution in [-0.2, 0) is 24.0 Å². The number of primary amides is 2. The van der Waals surface area contributed by atoms with E-state index in [1.165, 1.54) is 17.8 Å². The van der Waals surface area contributed by atoms with Gasteiger partial charge < -0.3 is 53.6 Å². The van der Waals surface area contributed by atoms with Crippen LogP contribution in [0, 0.1) is 76.9 Å². The first-order chi connectivity index (χ1) is 63.9. The minimum absolute atomic E-state index is 0.00926. The molecule has 139 heavy (non-hydrogen) atoms. The highest BCUT2D eigenvalue weighted by molar-refractivity contribution is 5.88. The quantitative estimate of drug-likeness (QED) is 0.0170. The van der Waals surface area contributed by atoms with Crippen molar-refractivity contribution in [3.05, 3.63) is 128 Å². The van der Waals surface area contributed by atoms with Gasteiger partial charge in [-0.1, -0.05) is 305 Å². The summed E-state index contributed by atoms with van der Waals surface area (Å²) in [5, 5.41) is 75.9. The molecule has 38 nitrogen and oxygen atoms in total. The Hall–Kier alpha value is -11.2. The third-order valence-electron chi connectivity index (χ3n) is 15.3. The first kappa shape index (κ1) is 148. The van der Waals surface area contributed by atoms with Crippen molar-refractivity contribution in [1.29, 1.82) is 0 Å². The van der Waals surface area contributed by atoms with Crippen LogP contribution >= 0.6 is 0 Å². The van der Waals surface area contributed by atoms with Crippen molar-refractivity contribution in [3.8, 4) is 0 Å². The van der Waals surface area contributed by atoms with Gasteiger partial charge in [0.25, 0.3) is 0 Å². The molecule has 0 radical (unpaired) electrons. The minimum atomic E-state index is -0.241. The van der Waals surface area contributed by atoms with Crippen LogP contribution in [0.25, 0.3) is 0 Å². The van der Waals surface area contributed by atoms with Gasteiger partial charge in [0, 0.05) is 138 Å². The Morgan fingerprint density at radius 1 is 0.417 bits per heavy atom. The van der Waals surface area contributed by atoms with E-state index in [4.69, 9.17) is 28.0 Å². The third-order valence-corrected chi connectivity index (χ3v) is 15.3. The minimum Gasteiger partial charge on any atom is -0.512 e. The molecule has 1 aliphatic heterocycles. The fraction of sp³-hybridized carbons (Fsp3) is 0.723. The number of Topliss-reactive ketones (excluding diaryl/α,β-unsaturated/α-hetero) is 1. The summed E-state index contributed by atoms with van der Waals surface area (Å²) in [6.45, 7) is 97.6. The summed E-state index contributed by atoms with van der Waals surface area (Å²) in [5.41, 5.74) is 24.0. The van der Waals surface area contributed by atoms with E-state index in [1.807, 2.05) is 192 Å². The second-order valence-electron chi connectivity index (χ2n) is 40.0. The van der Waals surface area contributed by atoms with Crippen molar-refractivity contribution in [2.75, 3.05) is 6.54 Å². The molecule has 0 saturated heterocycles. The summed E-state index contributed by atoms with van der Waals surface area (Å²) < 4.78 is 0. The van der Waals surface area contributed by atoms with Gasteiger partial charge in [0.1, 0.15) is 18.2 Å². The number of imidazole rings is 1. The number of aromatic amines is 7. The fourth-order valence-corrected chi connectivity index (χ4v) is 6.91. The van der Waals surface area contributed by atoms with Crippen molar-refractivity contribution >= 4 is 46.8 Å². The Bertz CT molecular complexity index is 3820. The number of nitrogens with one attached hydrogen (secondary N) is 9. The average Bonchev–Trinajstić information content (AvgIpc) is 1.75. The van der Waals surface area contributed by atoms with Crippen LogP contribution in [0.3, 0.4) is 0 Å². The molecular formula is C101H200N30O8. The van der Waals surface area contributed by atoms with Crippen LogP contribution in [0.15, 0.2) is 108 Å². The zero-order valence-electron chi connectivity index (χ0n) is 95.3. The Balaban J connectivity index is -0.000000159. The molecule has 0 spiro atoms. The highest BCUT2D eigenvalue weighted by Crippen LogP contribution is 2.16. The molecule has 0 fully saturated rings. The summed E-state index contributed by atoms with van der Waals surface area (Å²) in [4.78, 5) is 93.8. The van der Waals surface area contributed by atoms with E-state index >= 15 is 0 Å². The Morgan fingerprint density at radius 3 is 0.871 bits per heavy atom. The lowest BCUT2D eigenvalue weighted by Crippen LogP contribution is -2.33. The van der Waals surface area contributed by atoms with Crippen molar-refractivity contribution in [3.63, 3.8) is 0 Å². The normalized spacial score (nSPS) is 11.1. The van der Waals surface area contributed by atoms with E-state index in [2.05, 4.69) is 258 Å². The number of aliphatic hydroxyl groups excluding tert-OH is 1. The molecule has 4 amide bonds. The van der Waals surface area contributed by atoms with Gasteiger partial charge >= 0.3 is 0 Å². The van der Waals surface area contributed by atoms with Crippen LogP contribution in [0.2, 0.25) is 0 Å². The second kappa shape index (κ2) is 91.8. The highest BCUT2D eigenvalue weighted by atomic mass is 16.3. The molecule has 0 aliphatic carbocycles. The second-order valence-corrected chi connectivity index (χ2v) is 40.0. The molecule has 0 aromatic carbocycles. The van der Waals surface area contributed by atoms with Gasteiger partial charge in [-0.3, -0.25) is 43.5 Å². The molecule has 0 saturated carbocycles. The van der Waals surface area contributed by atoms with Gasteiger partial charge in [-0.25, -0.2) is 4.98 Å². The predicted molar refractivity (Wildman–Crippen MR) is 576 cm³/mol. The molecule has 18 N–H and O–H groups in total. The molecule has 38 heteroatoms. The monoisotopic (exact) mass is 1960 g/mol. The standard InChI is InChI=1S/C9H16N2.2C8H16O.2C7H16N2.2C7H15NO.2C5H9N3.2C5H5NO.3C4H8N4.2C4H9NO.2C4H10/c1-6(2)8-5-10-9(11-8)7(3)4;2*1-6(2)5-8(9)7(3)4;2*1-5(2)7(8)9-6(3)4;2*1-5(2)7(9)8-6(3)4;2*1-4(2)5-3-6-8-7-5;2*7-5-3-1-2-4-6-5;3*1-3(2)4-5-7-8-6-4;2*1-3(2)4(5)6;2*1-4(2)3/h5-7H,1-4H3,(H,10,11);6-7H,5H2,1-4H3;5-7,9H,1-4H3;2*5-6H,1-4H3,(H2,8,9);2*5-6H,1-4H3,(H,8,9);4H,3H2,1-2H3;3-4H,1-2H3,(H,6,7,8);2*1-4H,(H,6,7);3*3H,1-2H3,(H,5,6,7,8);2*3H,1-2H3,(H2,5,6);2*4H,1-3H3/b;;8-5-;;;;;;;;;;;;;;;. The van der Waals surface area contributed by atoms with E-state index < -0.39 is 0 Å². The fourth-order valence-electron chi connectivity index (χ4n) is 6.91. The molecule has 1 aliphatic rings. The maximum atomic E-state index is 11.0. The number of amidine groups is 2. The van der Waals surface area contributed by atoms with Crippen LogP contribution in [0.4, 0.5) is 0 Å². The molecule has 0 unspecified atom stereocenters. The maximum absolute atomic E-state index is 11.0. The SMILES string of the molecule is CC(C)/C=C(\O)C(C)C.CC(C)C.CC(C)C.CC(C)C(N)=O.CC(C)C(N)=O.CC(C)C1=NN=NC1.CC(C)CC(=O)C(C)C.CC(C)N=C(N)C(C)C.CC(C)N=C(N)C(C)C.CC(C)NC(=O)C(C)C.CC(C)NC(=O)C(C)C.CC(C)c1cn[nH]n1.CC(C)c1cnc(C(C)C)[nH]1.CC(C)c1nn[nH]n1.CC(C)c1nn[nH]n1.CC(C)c1nn[nH]n1.O=c1cccc[nH]1.O=c1cccc[nH]1. The number of tetrazole rings is 3. The number of hydrogen-bond donors (Lipinski definition) is 14. The van der Waals surface area contributed by atoms with E-state index in [0.29, 0.717) is 95.3 Å². The highest BCUT2D eigenvalue weighted by Gasteiger charge is 2.13. The van der Waals surface area contributed by atoms with Crippen molar-refractivity contribution in [2.24, 2.45) is 125 Å². The van der Waals surface area contributed by atoms with Crippen molar-refractivity contribution in [2.45, 2.75) is 398 Å². The molecule has 0 atom stereocenters. The molecule has 8 heterocycles. The summed E-state index contributed by atoms with van der Waals surface area (Å²) in [6, 6.07) is 11.0. The number of H-pyrrole nitrogens is 7. The van der Waals surface area contributed by atoms with Gasteiger partial charge in [-0.15, -0.1) is 35.7 Å². The number of amides is 4. The number of pyridine rings is 2. The summed E-state index contributed by atoms with van der Waals surface area (Å²) >= 11 is 0. The zero-order valence-corrected chi connectivity index (χ0v) is 95.3. The Labute approximate surface area is 838 Å². The molecular weight excluding hydrogens is 1760 g/mol. The van der Waals surface area contributed by atoms with Crippen molar-refractivity contribution in [1.82, 2.24) is 108 Å². The Morgan fingerprint density at radius 2 is 0.763 bits per heavy atom. The van der Waals surface area contributed by atoms with E-state index in [1.54, 1.807) is 70.6 Å². The van der Waals surface area contributed by atoms with Crippen LogP contribution in [-0.4, -0.2) is 180 Å². The third kappa shape index (κ3) is 112. The van der Waals surface area contributed by atoms with Crippen LogP contribution in [0.1, 0.15) is 409 Å². The topological polar surface area (TPSA) is 595 Å². The van der Waals surface area contributed by atoms with Gasteiger partial charge in [0.2, 0.25) is 34.7 Å². The number of aliphatic imine (C=N–C) groups is 2. The number of nitrogens with zero attached hydrogens (tertiary/aromatic N) is 17. The zero-order chi connectivity index (χ0) is 111. The number of carbonyl (C=O) groups is 5. The van der Waals surface area contributed by atoms with E-state index in [0.717, 1.165) is 64.6 Å². The number of ketones is 1. The number of rotatable bonds is 22. The van der Waals surface area contributed by atoms with Crippen LogP contribution in [0.5, 0.6) is 0 Å². The number of allylic oxidation sites excluding steroid dienone is 2. The molecule has 802 valence electrons. The number of nitrogens with two attached hydrogens (primary N) is 4. The summed E-state index contributed by atoms with van der Waals surface area (Å²) in [7, 11) is 0. The first-order valence-corrected chi connectivity index (χ1v) is 49.0. The number of aromatic nitrogens is 19. The lowest BCUT2D eigenvalue weighted by Gasteiger charge is -2.09. The van der Waals surface area contributed by atoms with Gasteiger partial charge in [0.05, 0.1) is 35.0 Å². The van der Waals surface area contributed by atoms with Gasteiger partial charge in [-0.2, -0.15) is 36.2 Å². The Kier molecular flexibility index (Phi) is 97.8. The lowest BCUT2D eigenvalue weighted by atomic mass is 9.99. The molecule has 7 aromatic rings. The molecule has 0 bridgehead atoms. The van der Waals surface area contributed by atoms with Crippen molar-refractivity contribution < 1.29 is 29.1 Å². The smallest absolute Gasteiger partial charge is 0.247 e. The van der Waals surface area contributed by atoms with E-state index in [9.17, 15) is 33.6 Å². The number of carbonyl (C=O) groups excluding carboxylic acids is 5. The summed E-state index contributed by atoms with van der Waals surface area (Å²) in [6.07, 6.45) is 9.48. The predicted octanol–water partition coefficient (Wildman–Crippen LogP) is 20.5. The number of aliphatic hydroxyl groups is 1. The maximum Gasteiger partial charge on any atom is 0.247 e. The van der Waals surface area contributed by atoms with Gasteiger partial charge in [0.15, 0.2) is 17.5 Å². The average molecular weight is 1960 g/mol. The van der Waals surface area contributed by atoms with Gasteiger partial charge in [-0.05, 0) is 120 Å². The van der Waals surface area contributed by atoms with E-state index in [-0.39, 0.29) is 82.3 Å².